The van der Waals surface area contributed by atoms with Crippen LogP contribution in [0.2, 0.25) is 0 Å². The Balaban J connectivity index is 1.44. The van der Waals surface area contributed by atoms with Gasteiger partial charge in [-0.15, -0.1) is 5.10 Å². The van der Waals surface area contributed by atoms with Gasteiger partial charge in [0.15, 0.2) is 5.82 Å². The van der Waals surface area contributed by atoms with Crippen molar-refractivity contribution in [1.29, 1.82) is 0 Å². The van der Waals surface area contributed by atoms with E-state index in [-0.39, 0.29) is 24.8 Å². The summed E-state index contributed by atoms with van der Waals surface area (Å²) in [5, 5.41) is 9.82. The van der Waals surface area contributed by atoms with E-state index in [0.717, 1.165) is 11.1 Å². The number of benzene rings is 2. The number of ether oxygens (including phenoxy) is 1. The van der Waals surface area contributed by atoms with Crippen molar-refractivity contribution in [2.45, 2.75) is 26.3 Å². The molecule has 1 aliphatic heterocycles. The molecule has 1 aliphatic rings. The summed E-state index contributed by atoms with van der Waals surface area (Å²) in [7, 11) is 0. The highest BCUT2D eigenvalue weighted by Gasteiger charge is 2.35. The van der Waals surface area contributed by atoms with Crippen LogP contribution in [0.3, 0.4) is 0 Å². The molecule has 2 aromatic carbocycles. The van der Waals surface area contributed by atoms with Gasteiger partial charge in [-0.25, -0.2) is 9.48 Å². The smallest absolute Gasteiger partial charge is 0.338 e. The maximum atomic E-state index is 12.5. The van der Waals surface area contributed by atoms with E-state index in [2.05, 4.69) is 20.7 Å². The van der Waals surface area contributed by atoms with E-state index in [1.807, 2.05) is 31.2 Å². The zero-order valence-corrected chi connectivity index (χ0v) is 17.1. The molecule has 0 saturated heterocycles. The molecule has 0 aliphatic carbocycles. The number of nitrogens with zero attached hydrogens (tertiary/aromatic N) is 3. The summed E-state index contributed by atoms with van der Waals surface area (Å²) in [6.07, 6.45) is -0.102. The number of fused-ring (bicyclic) bond motifs is 1. The highest BCUT2D eigenvalue weighted by Crippen LogP contribution is 2.28. The number of hydrogen-bond acceptors (Lipinski definition) is 6. The predicted octanol–water partition coefficient (Wildman–Crippen LogP) is 2.95. The van der Waals surface area contributed by atoms with E-state index in [0.29, 0.717) is 23.0 Å². The molecule has 0 radical (unpaired) electrons. The number of esters is 1. The lowest BCUT2D eigenvalue weighted by molar-refractivity contribution is -0.123. The number of amides is 2. The molecular weight excluding hydrogens is 398 g/mol. The predicted molar refractivity (Wildman–Crippen MR) is 114 cm³/mol. The molecule has 2 N–H and O–H groups in total. The van der Waals surface area contributed by atoms with Crippen LogP contribution in [0.25, 0.3) is 11.4 Å². The molecule has 0 saturated carbocycles. The standard InChI is InChI=1S/C22H21N5O4/c1-3-31-21(30)15-8-10-16(11-9-15)23-18(28)12-17-20(29)25-22-24-19(26-27(17)22)14-6-4-13(2)5-7-14/h4-11,17H,3,12H2,1-2H3,(H,23,28)(H,24,25,26,29). The van der Waals surface area contributed by atoms with Gasteiger partial charge >= 0.3 is 5.97 Å². The first-order valence-electron chi connectivity index (χ1n) is 9.86. The average molecular weight is 419 g/mol. The average Bonchev–Trinajstić information content (AvgIpc) is 3.28. The molecule has 1 unspecified atom stereocenters. The fourth-order valence-electron chi connectivity index (χ4n) is 3.23. The van der Waals surface area contributed by atoms with Crippen molar-refractivity contribution >= 4 is 29.4 Å². The van der Waals surface area contributed by atoms with Crippen LogP contribution in [0.1, 0.15) is 35.3 Å². The number of aromatic nitrogens is 3. The second-order valence-electron chi connectivity index (χ2n) is 7.12. The van der Waals surface area contributed by atoms with Crippen LogP contribution in [0, 0.1) is 6.92 Å². The summed E-state index contributed by atoms with van der Waals surface area (Å²) >= 11 is 0. The third-order valence-corrected chi connectivity index (χ3v) is 4.83. The van der Waals surface area contributed by atoms with Crippen molar-refractivity contribution in [3.8, 4) is 11.4 Å². The van der Waals surface area contributed by atoms with Gasteiger partial charge in [-0.1, -0.05) is 29.8 Å². The Morgan fingerprint density at radius 2 is 1.84 bits per heavy atom. The highest BCUT2D eigenvalue weighted by atomic mass is 16.5. The molecule has 9 heteroatoms. The summed E-state index contributed by atoms with van der Waals surface area (Å²) in [6.45, 7) is 4.01. The number of aryl methyl sites for hydroxylation is 1. The fraction of sp³-hybridized carbons (Fsp3) is 0.227. The Hall–Kier alpha value is -4.01. The number of carbonyl (C=O) groups excluding carboxylic acids is 3. The van der Waals surface area contributed by atoms with E-state index < -0.39 is 12.0 Å². The summed E-state index contributed by atoms with van der Waals surface area (Å²) in [4.78, 5) is 40.9. The molecule has 3 aromatic rings. The SMILES string of the molecule is CCOC(=O)c1ccc(NC(=O)CC2C(=O)Nc3nc(-c4ccc(C)cc4)nn32)cc1. The first-order chi connectivity index (χ1) is 14.9. The number of hydrogen-bond donors (Lipinski definition) is 2. The Bertz CT molecular complexity index is 1140. The normalized spacial score (nSPS) is 14.6. The molecule has 2 heterocycles. The lowest BCUT2D eigenvalue weighted by Crippen LogP contribution is -2.23. The topological polar surface area (TPSA) is 115 Å². The molecule has 0 spiro atoms. The minimum atomic E-state index is -0.791. The van der Waals surface area contributed by atoms with Gasteiger partial charge in [0, 0.05) is 11.3 Å². The second kappa shape index (κ2) is 8.39. The van der Waals surface area contributed by atoms with Crippen LogP contribution in [0.5, 0.6) is 0 Å². The third-order valence-electron chi connectivity index (χ3n) is 4.83. The summed E-state index contributed by atoms with van der Waals surface area (Å²) in [6, 6.07) is 13.3. The van der Waals surface area contributed by atoms with E-state index in [1.54, 1.807) is 31.2 Å². The Morgan fingerprint density at radius 3 is 2.52 bits per heavy atom. The zero-order chi connectivity index (χ0) is 22.0. The second-order valence-corrected chi connectivity index (χ2v) is 7.12. The van der Waals surface area contributed by atoms with Crippen LogP contribution >= 0.6 is 0 Å². The molecule has 4 rings (SSSR count). The third kappa shape index (κ3) is 4.30. The first kappa shape index (κ1) is 20.3. The maximum Gasteiger partial charge on any atom is 0.338 e. The number of anilines is 2. The van der Waals surface area contributed by atoms with Crippen molar-refractivity contribution in [3.63, 3.8) is 0 Å². The first-order valence-corrected chi connectivity index (χ1v) is 9.86. The van der Waals surface area contributed by atoms with E-state index in [1.165, 1.54) is 4.68 Å². The molecular formula is C22H21N5O4. The van der Waals surface area contributed by atoms with Gasteiger partial charge in [0.1, 0.15) is 6.04 Å². The van der Waals surface area contributed by atoms with Crippen LogP contribution in [0.4, 0.5) is 11.6 Å². The zero-order valence-electron chi connectivity index (χ0n) is 17.1. The van der Waals surface area contributed by atoms with Gasteiger partial charge in [0.2, 0.25) is 11.9 Å². The lowest BCUT2D eigenvalue weighted by atomic mass is 10.1. The maximum absolute atomic E-state index is 12.5. The van der Waals surface area contributed by atoms with Crippen LogP contribution in [0.15, 0.2) is 48.5 Å². The summed E-state index contributed by atoms with van der Waals surface area (Å²) in [5.41, 5.74) is 2.85. The van der Waals surface area contributed by atoms with Crippen molar-refractivity contribution in [3.05, 3.63) is 59.7 Å². The van der Waals surface area contributed by atoms with Crippen molar-refractivity contribution in [2.75, 3.05) is 17.2 Å². The van der Waals surface area contributed by atoms with Gasteiger partial charge < -0.3 is 10.1 Å². The Labute approximate surface area is 178 Å². The molecule has 9 nitrogen and oxygen atoms in total. The van der Waals surface area contributed by atoms with Crippen LogP contribution in [-0.4, -0.2) is 39.2 Å². The van der Waals surface area contributed by atoms with Gasteiger partial charge in [-0.2, -0.15) is 4.98 Å². The number of nitrogens with one attached hydrogen (secondary N) is 2. The minimum Gasteiger partial charge on any atom is -0.462 e. The highest BCUT2D eigenvalue weighted by molar-refractivity contribution is 6.01. The number of rotatable bonds is 6. The Kier molecular flexibility index (Phi) is 5.48. The minimum absolute atomic E-state index is 0.102. The quantitative estimate of drug-likeness (QED) is 0.594. The number of carbonyl (C=O) groups is 3. The van der Waals surface area contributed by atoms with Gasteiger partial charge in [-0.05, 0) is 38.1 Å². The largest absolute Gasteiger partial charge is 0.462 e. The summed E-state index contributed by atoms with van der Waals surface area (Å²) < 4.78 is 6.38. The van der Waals surface area contributed by atoms with Crippen molar-refractivity contribution in [1.82, 2.24) is 14.8 Å². The van der Waals surface area contributed by atoms with E-state index in [9.17, 15) is 14.4 Å². The molecule has 1 atom stereocenters. The van der Waals surface area contributed by atoms with Crippen LogP contribution < -0.4 is 10.6 Å². The summed E-state index contributed by atoms with van der Waals surface area (Å²) in [5.74, 6) is -0.319. The van der Waals surface area contributed by atoms with E-state index in [4.69, 9.17) is 4.74 Å². The monoisotopic (exact) mass is 419 g/mol. The molecule has 0 fully saturated rings. The van der Waals surface area contributed by atoms with Crippen LogP contribution in [-0.2, 0) is 14.3 Å². The van der Waals surface area contributed by atoms with Gasteiger partial charge in [-0.3, -0.25) is 14.9 Å². The molecule has 1 aromatic heterocycles. The molecule has 31 heavy (non-hydrogen) atoms. The van der Waals surface area contributed by atoms with E-state index >= 15 is 0 Å². The molecule has 2 amide bonds. The fourth-order valence-corrected chi connectivity index (χ4v) is 3.23. The van der Waals surface area contributed by atoms with Crippen molar-refractivity contribution < 1.29 is 19.1 Å². The molecule has 0 bridgehead atoms. The van der Waals surface area contributed by atoms with Crippen molar-refractivity contribution in [2.24, 2.45) is 0 Å². The van der Waals surface area contributed by atoms with Gasteiger partial charge in [0.25, 0.3) is 5.91 Å². The van der Waals surface area contributed by atoms with Gasteiger partial charge in [0.05, 0.1) is 18.6 Å². The Morgan fingerprint density at radius 1 is 1.13 bits per heavy atom. The molecule has 158 valence electrons. The lowest BCUT2D eigenvalue weighted by Gasteiger charge is -2.10.